The lowest BCUT2D eigenvalue weighted by atomic mass is 9.84. The van der Waals surface area contributed by atoms with E-state index in [4.69, 9.17) is 19.2 Å². The third kappa shape index (κ3) is 3.04. The Morgan fingerprint density at radius 3 is 2.58 bits per heavy atom. The fraction of sp³-hybridized carbons (Fsp3) is 0.0714. The Kier molecular flexibility index (Phi) is 4.59. The van der Waals surface area contributed by atoms with Crippen LogP contribution < -0.4 is 10.4 Å². The van der Waals surface area contributed by atoms with E-state index in [1.54, 1.807) is 16.9 Å². The van der Waals surface area contributed by atoms with Crippen molar-refractivity contribution in [2.24, 2.45) is 0 Å². The van der Waals surface area contributed by atoms with Crippen LogP contribution in [0.3, 0.4) is 0 Å². The van der Waals surface area contributed by atoms with Crippen LogP contribution in [0.4, 0.5) is 0 Å². The highest BCUT2D eigenvalue weighted by molar-refractivity contribution is 9.10. The smallest absolute Gasteiger partial charge is 0.344 e. The van der Waals surface area contributed by atoms with Gasteiger partial charge in [0.05, 0.1) is 22.4 Å². The molecular formula is C28H17BrN4O3. The SMILES string of the molecule is Cc1ccccc1-c1nc2c3c(ncn2n1)Oc1c(c(=O)oc2ccccc12)C3c1ccccc1Br. The topological polar surface area (TPSA) is 82.5 Å². The summed E-state index contributed by atoms with van der Waals surface area (Å²) < 4.78 is 14.6. The Labute approximate surface area is 213 Å². The van der Waals surface area contributed by atoms with Crippen molar-refractivity contribution in [1.29, 1.82) is 0 Å². The molecule has 3 aromatic carbocycles. The van der Waals surface area contributed by atoms with Gasteiger partial charge < -0.3 is 9.15 Å². The van der Waals surface area contributed by atoms with Gasteiger partial charge in [0, 0.05) is 10.0 Å². The van der Waals surface area contributed by atoms with E-state index in [0.717, 1.165) is 21.2 Å². The Bertz CT molecular complexity index is 1890. The van der Waals surface area contributed by atoms with Crippen molar-refractivity contribution >= 4 is 32.5 Å². The summed E-state index contributed by atoms with van der Waals surface area (Å²) in [6, 6.07) is 23.1. The normalized spacial score (nSPS) is 14.4. The average Bonchev–Trinajstić information content (AvgIpc) is 3.33. The maximum absolute atomic E-state index is 13.5. The molecule has 7 rings (SSSR count). The van der Waals surface area contributed by atoms with Crippen molar-refractivity contribution in [2.75, 3.05) is 0 Å². The molecule has 8 heteroatoms. The molecule has 1 aliphatic heterocycles. The summed E-state index contributed by atoms with van der Waals surface area (Å²) >= 11 is 3.69. The van der Waals surface area contributed by atoms with E-state index >= 15 is 0 Å². The molecule has 0 saturated carbocycles. The standard InChI is InChI=1S/C28H17BrN4O3/c1-15-8-2-3-9-16(15)25-31-26-23-21(17-10-4-6-12-19(17)29)22-24(36-27(23)30-14-33(26)32-25)18-11-5-7-13-20(18)35-28(22)34/h2-14,21H,1H3. The zero-order valence-electron chi connectivity index (χ0n) is 19.0. The van der Waals surface area contributed by atoms with Gasteiger partial charge in [-0.3, -0.25) is 0 Å². The number of para-hydroxylation sites is 1. The minimum absolute atomic E-state index is 0.384. The van der Waals surface area contributed by atoms with Gasteiger partial charge in [-0.2, -0.15) is 0 Å². The van der Waals surface area contributed by atoms with Crippen molar-refractivity contribution in [3.05, 3.63) is 116 Å². The summed E-state index contributed by atoms with van der Waals surface area (Å²) in [7, 11) is 0. The monoisotopic (exact) mass is 536 g/mol. The third-order valence-electron chi connectivity index (χ3n) is 6.56. The quantitative estimate of drug-likeness (QED) is 0.243. The second-order valence-electron chi connectivity index (χ2n) is 8.67. The first-order valence-electron chi connectivity index (χ1n) is 11.4. The fourth-order valence-corrected chi connectivity index (χ4v) is 5.40. The van der Waals surface area contributed by atoms with Crippen LogP contribution in [-0.4, -0.2) is 19.6 Å². The first-order chi connectivity index (χ1) is 17.6. The summed E-state index contributed by atoms with van der Waals surface area (Å²) in [5.74, 6) is 0.872. The highest BCUT2D eigenvalue weighted by Gasteiger charge is 2.38. The van der Waals surface area contributed by atoms with Gasteiger partial charge in [0.25, 0.3) is 0 Å². The number of hydrogen-bond acceptors (Lipinski definition) is 6. The van der Waals surface area contributed by atoms with Crippen molar-refractivity contribution in [3.63, 3.8) is 0 Å². The van der Waals surface area contributed by atoms with Gasteiger partial charge in [-0.25, -0.2) is 19.3 Å². The number of rotatable bonds is 2. The molecule has 174 valence electrons. The van der Waals surface area contributed by atoms with Gasteiger partial charge in [0.2, 0.25) is 5.88 Å². The molecule has 0 spiro atoms. The Morgan fingerprint density at radius 1 is 0.944 bits per heavy atom. The number of fused-ring (bicyclic) bond motifs is 6. The Morgan fingerprint density at radius 2 is 1.72 bits per heavy atom. The number of aryl methyl sites for hydroxylation is 1. The van der Waals surface area contributed by atoms with Crippen molar-refractivity contribution in [1.82, 2.24) is 19.6 Å². The minimum atomic E-state index is -0.537. The fourth-order valence-electron chi connectivity index (χ4n) is 4.89. The van der Waals surface area contributed by atoms with Gasteiger partial charge in [-0.15, -0.1) is 5.10 Å². The minimum Gasteiger partial charge on any atom is -0.437 e. The van der Waals surface area contributed by atoms with E-state index in [0.29, 0.717) is 45.2 Å². The van der Waals surface area contributed by atoms with Crippen LogP contribution in [0.5, 0.6) is 11.6 Å². The van der Waals surface area contributed by atoms with Crippen LogP contribution >= 0.6 is 15.9 Å². The summed E-state index contributed by atoms with van der Waals surface area (Å²) in [6.45, 7) is 2.02. The molecule has 0 radical (unpaired) electrons. The lowest BCUT2D eigenvalue weighted by Crippen LogP contribution is -2.22. The van der Waals surface area contributed by atoms with Gasteiger partial charge in [0.1, 0.15) is 11.9 Å². The number of ether oxygens (including phenoxy) is 1. The van der Waals surface area contributed by atoms with Crippen LogP contribution in [0.25, 0.3) is 28.0 Å². The molecule has 0 aliphatic carbocycles. The summed E-state index contributed by atoms with van der Waals surface area (Å²) in [5, 5.41) is 5.41. The van der Waals surface area contributed by atoms with Crippen LogP contribution in [-0.2, 0) is 0 Å². The molecule has 0 saturated heterocycles. The average molecular weight is 537 g/mol. The summed E-state index contributed by atoms with van der Waals surface area (Å²) in [6.07, 6.45) is 1.60. The Hall–Kier alpha value is -4.30. The molecule has 6 aromatic rings. The predicted octanol–water partition coefficient (Wildman–Crippen LogP) is 6.25. The number of hydrogen-bond donors (Lipinski definition) is 0. The van der Waals surface area contributed by atoms with Crippen molar-refractivity contribution in [3.8, 4) is 23.0 Å². The summed E-state index contributed by atoms with van der Waals surface area (Å²) in [5.41, 5.74) is 4.49. The van der Waals surface area contributed by atoms with E-state index in [1.807, 2.05) is 73.7 Å². The molecule has 0 N–H and O–H groups in total. The van der Waals surface area contributed by atoms with E-state index in [2.05, 4.69) is 20.9 Å². The highest BCUT2D eigenvalue weighted by atomic mass is 79.9. The highest BCUT2D eigenvalue weighted by Crippen LogP contribution is 2.50. The maximum atomic E-state index is 13.5. The molecule has 1 aliphatic rings. The molecule has 1 unspecified atom stereocenters. The van der Waals surface area contributed by atoms with Crippen LogP contribution in [0.1, 0.15) is 28.2 Å². The van der Waals surface area contributed by atoms with Gasteiger partial charge in [-0.1, -0.05) is 70.5 Å². The first-order valence-corrected chi connectivity index (χ1v) is 12.2. The van der Waals surface area contributed by atoms with Gasteiger partial charge in [-0.05, 0) is 36.2 Å². The molecule has 7 nitrogen and oxygen atoms in total. The van der Waals surface area contributed by atoms with Gasteiger partial charge in [0.15, 0.2) is 17.2 Å². The molecule has 3 aromatic heterocycles. The summed E-state index contributed by atoms with van der Waals surface area (Å²) in [4.78, 5) is 23.0. The lowest BCUT2D eigenvalue weighted by molar-refractivity contribution is 0.422. The molecule has 1 atom stereocenters. The second kappa shape index (κ2) is 7.86. The zero-order chi connectivity index (χ0) is 24.4. The largest absolute Gasteiger partial charge is 0.437 e. The number of benzene rings is 3. The molecule has 0 amide bonds. The second-order valence-corrected chi connectivity index (χ2v) is 9.52. The molecule has 4 heterocycles. The number of aromatic nitrogens is 4. The van der Waals surface area contributed by atoms with E-state index < -0.39 is 11.5 Å². The number of halogens is 1. The van der Waals surface area contributed by atoms with E-state index in [9.17, 15) is 4.79 Å². The number of nitrogens with zero attached hydrogens (tertiary/aromatic N) is 4. The van der Waals surface area contributed by atoms with Gasteiger partial charge >= 0.3 is 5.63 Å². The van der Waals surface area contributed by atoms with E-state index in [-0.39, 0.29) is 0 Å². The zero-order valence-corrected chi connectivity index (χ0v) is 20.6. The maximum Gasteiger partial charge on any atom is 0.344 e. The first kappa shape index (κ1) is 21.0. The van der Waals surface area contributed by atoms with Crippen LogP contribution in [0.2, 0.25) is 0 Å². The van der Waals surface area contributed by atoms with Crippen molar-refractivity contribution < 1.29 is 9.15 Å². The van der Waals surface area contributed by atoms with Crippen molar-refractivity contribution in [2.45, 2.75) is 12.8 Å². The third-order valence-corrected chi connectivity index (χ3v) is 7.29. The molecular weight excluding hydrogens is 520 g/mol. The van der Waals surface area contributed by atoms with E-state index in [1.165, 1.54) is 0 Å². The molecule has 36 heavy (non-hydrogen) atoms. The molecule has 0 bridgehead atoms. The lowest BCUT2D eigenvalue weighted by Gasteiger charge is -2.27. The molecule has 0 fully saturated rings. The Balaban J connectivity index is 1.57. The van der Waals surface area contributed by atoms with Crippen LogP contribution in [0, 0.1) is 6.92 Å². The van der Waals surface area contributed by atoms with Crippen LogP contribution in [0.15, 0.2) is 92.8 Å². The predicted molar refractivity (Wildman–Crippen MR) is 139 cm³/mol.